The molecule has 2 heterocycles. The molecular weight excluding hydrogens is 380 g/mol. The molecule has 0 unspecified atom stereocenters. The van der Waals surface area contributed by atoms with E-state index in [0.29, 0.717) is 0 Å². The van der Waals surface area contributed by atoms with Crippen LogP contribution in [0.15, 0.2) is 84.9 Å². The van der Waals surface area contributed by atoms with Crippen molar-refractivity contribution in [1.82, 2.24) is 9.97 Å². The molecule has 0 radical (unpaired) electrons. The van der Waals surface area contributed by atoms with Crippen molar-refractivity contribution in [1.29, 1.82) is 0 Å². The van der Waals surface area contributed by atoms with Crippen LogP contribution < -0.4 is 0 Å². The van der Waals surface area contributed by atoms with Gasteiger partial charge in [0, 0.05) is 18.4 Å². The van der Waals surface area contributed by atoms with E-state index in [-0.39, 0.29) is 0 Å². The van der Waals surface area contributed by atoms with Gasteiger partial charge in [-0.05, 0) is 17.7 Å². The molecule has 0 saturated carbocycles. The highest BCUT2D eigenvalue weighted by atomic mass is 32.1. The molecule has 136 valence electrons. The fourth-order valence-electron chi connectivity index (χ4n) is 3.29. The van der Waals surface area contributed by atoms with E-state index in [1.54, 1.807) is 22.7 Å². The molecule has 0 spiro atoms. The normalized spacial score (nSPS) is 11.1. The van der Waals surface area contributed by atoms with Gasteiger partial charge in [-0.3, -0.25) is 0 Å². The van der Waals surface area contributed by atoms with Gasteiger partial charge in [-0.15, -0.1) is 22.7 Å². The Bertz CT molecular complexity index is 1120. The minimum Gasteiger partial charge on any atom is -0.241 e. The van der Waals surface area contributed by atoms with Gasteiger partial charge in [-0.25, -0.2) is 9.97 Å². The summed E-state index contributed by atoms with van der Waals surface area (Å²) in [4.78, 5) is 11.0. The topological polar surface area (TPSA) is 25.8 Å². The highest BCUT2D eigenvalue weighted by molar-refractivity contribution is 7.18. The Morgan fingerprint density at radius 3 is 1.89 bits per heavy atom. The first-order chi connectivity index (χ1) is 13.9. The molecule has 4 heteroatoms. The maximum absolute atomic E-state index is 5.02. The molecule has 0 saturated heterocycles. The predicted molar refractivity (Wildman–Crippen MR) is 120 cm³/mol. The molecule has 0 aliphatic rings. The number of nitrogens with zero attached hydrogens (tertiary/aromatic N) is 2. The molecule has 0 aliphatic heterocycles. The Labute approximate surface area is 172 Å². The van der Waals surface area contributed by atoms with Crippen LogP contribution in [0.1, 0.15) is 10.0 Å². The molecule has 0 atom stereocenters. The molecule has 5 rings (SSSR count). The van der Waals surface area contributed by atoms with Gasteiger partial charge in [0.25, 0.3) is 0 Å². The van der Waals surface area contributed by atoms with Gasteiger partial charge in [0.1, 0.15) is 0 Å². The number of hydrogen-bond acceptors (Lipinski definition) is 4. The number of aryl methyl sites for hydroxylation is 2. The Balaban J connectivity index is 1.47. The lowest BCUT2D eigenvalue weighted by Crippen LogP contribution is -1.90. The number of rotatable bonds is 5. The molecule has 2 aromatic heterocycles. The van der Waals surface area contributed by atoms with Crippen molar-refractivity contribution in [3.63, 3.8) is 0 Å². The average molecular weight is 399 g/mol. The molecule has 0 N–H and O–H groups in total. The van der Waals surface area contributed by atoms with Crippen molar-refractivity contribution < 1.29 is 0 Å². The second-order valence-electron chi connectivity index (χ2n) is 6.59. The van der Waals surface area contributed by atoms with Crippen molar-refractivity contribution in [3.05, 3.63) is 94.9 Å². The third-order valence-corrected chi connectivity index (χ3v) is 6.91. The summed E-state index contributed by atoms with van der Waals surface area (Å²) in [6.45, 7) is 0. The van der Waals surface area contributed by atoms with Crippen LogP contribution >= 0.6 is 22.7 Å². The van der Waals surface area contributed by atoms with Crippen LogP contribution in [0.25, 0.3) is 31.9 Å². The highest BCUT2D eigenvalue weighted by Crippen LogP contribution is 2.37. The fraction of sp³-hybridized carbons (Fsp3) is 0.0833. The maximum Gasteiger partial charge on any atom is 0.0943 e. The first-order valence-electron chi connectivity index (χ1n) is 9.32. The number of fused-ring (bicyclic) bond motifs is 1. The zero-order valence-corrected chi connectivity index (χ0v) is 16.8. The van der Waals surface area contributed by atoms with E-state index >= 15 is 0 Å². The second-order valence-corrected chi connectivity index (χ2v) is 8.79. The van der Waals surface area contributed by atoms with Crippen LogP contribution in [0.4, 0.5) is 0 Å². The summed E-state index contributed by atoms with van der Waals surface area (Å²) < 4.78 is 1.26. The standard InChI is InChI=1S/C24H18N2S2/c1-3-9-17(10-4-1)23-24(18-11-5-2-6-12-18)28-22(26-23)16-15-21-25-19-13-7-8-14-20(19)27-21/h1-14H,15-16H2. The van der Waals surface area contributed by atoms with E-state index in [1.165, 1.54) is 25.7 Å². The Kier molecular flexibility index (Phi) is 4.73. The Hall–Kier alpha value is -2.82. The number of thiazole rings is 2. The lowest BCUT2D eigenvalue weighted by Gasteiger charge is -2.02. The lowest BCUT2D eigenvalue weighted by atomic mass is 10.1. The van der Waals surface area contributed by atoms with Crippen LogP contribution in [-0.4, -0.2) is 9.97 Å². The van der Waals surface area contributed by atoms with E-state index in [0.717, 1.165) is 29.1 Å². The molecule has 3 aromatic carbocycles. The number of aromatic nitrogens is 2. The van der Waals surface area contributed by atoms with Crippen molar-refractivity contribution in [2.75, 3.05) is 0 Å². The summed E-state index contributed by atoms with van der Waals surface area (Å²) in [5, 5.41) is 2.34. The van der Waals surface area contributed by atoms with Crippen molar-refractivity contribution in [2.45, 2.75) is 12.8 Å². The van der Waals surface area contributed by atoms with Crippen molar-refractivity contribution in [2.24, 2.45) is 0 Å². The average Bonchev–Trinajstić information content (AvgIpc) is 3.37. The third-order valence-electron chi connectivity index (χ3n) is 4.65. The molecule has 2 nitrogen and oxygen atoms in total. The molecule has 0 aliphatic carbocycles. The van der Waals surface area contributed by atoms with Gasteiger partial charge in [0.2, 0.25) is 0 Å². The van der Waals surface area contributed by atoms with Crippen LogP contribution in [0.3, 0.4) is 0 Å². The van der Waals surface area contributed by atoms with E-state index in [1.807, 2.05) is 12.1 Å². The predicted octanol–water partition coefficient (Wildman–Crippen LogP) is 6.87. The molecular formula is C24H18N2S2. The summed E-state index contributed by atoms with van der Waals surface area (Å²) in [5.74, 6) is 0. The summed E-state index contributed by atoms with van der Waals surface area (Å²) in [5.41, 5.74) is 4.57. The van der Waals surface area contributed by atoms with Gasteiger partial charge in [-0.1, -0.05) is 72.8 Å². The molecule has 5 aromatic rings. The summed E-state index contributed by atoms with van der Waals surface area (Å²) >= 11 is 3.59. The summed E-state index contributed by atoms with van der Waals surface area (Å²) in [6.07, 6.45) is 1.84. The van der Waals surface area contributed by atoms with Gasteiger partial charge in [-0.2, -0.15) is 0 Å². The maximum atomic E-state index is 5.02. The van der Waals surface area contributed by atoms with E-state index in [9.17, 15) is 0 Å². The molecule has 28 heavy (non-hydrogen) atoms. The second kappa shape index (κ2) is 7.66. The molecule has 0 bridgehead atoms. The van der Waals surface area contributed by atoms with Crippen LogP contribution in [0, 0.1) is 0 Å². The smallest absolute Gasteiger partial charge is 0.0943 e. The zero-order valence-electron chi connectivity index (χ0n) is 15.2. The quantitative estimate of drug-likeness (QED) is 0.323. The van der Waals surface area contributed by atoms with Gasteiger partial charge >= 0.3 is 0 Å². The van der Waals surface area contributed by atoms with E-state index in [2.05, 4.69) is 72.8 Å². The van der Waals surface area contributed by atoms with Crippen molar-refractivity contribution >= 4 is 32.9 Å². The lowest BCUT2D eigenvalue weighted by molar-refractivity contribution is 0.935. The van der Waals surface area contributed by atoms with Gasteiger partial charge in [0.15, 0.2) is 0 Å². The molecule has 0 fully saturated rings. The SMILES string of the molecule is c1ccc(-c2nc(CCc3nc4ccccc4s3)sc2-c2ccccc2)cc1. The third kappa shape index (κ3) is 3.49. The van der Waals surface area contributed by atoms with Gasteiger partial charge in [0.05, 0.1) is 30.8 Å². The largest absolute Gasteiger partial charge is 0.241 e. The minimum atomic E-state index is 0.914. The first-order valence-corrected chi connectivity index (χ1v) is 10.9. The van der Waals surface area contributed by atoms with E-state index < -0.39 is 0 Å². The number of hydrogen-bond donors (Lipinski definition) is 0. The monoisotopic (exact) mass is 398 g/mol. The van der Waals surface area contributed by atoms with Crippen LogP contribution in [-0.2, 0) is 12.8 Å². The van der Waals surface area contributed by atoms with Crippen LogP contribution in [0.5, 0.6) is 0 Å². The molecule has 0 amide bonds. The zero-order chi connectivity index (χ0) is 18.8. The highest BCUT2D eigenvalue weighted by Gasteiger charge is 2.15. The Morgan fingerprint density at radius 1 is 0.571 bits per heavy atom. The van der Waals surface area contributed by atoms with Crippen LogP contribution in [0.2, 0.25) is 0 Å². The van der Waals surface area contributed by atoms with E-state index in [4.69, 9.17) is 9.97 Å². The summed E-state index contributed by atoms with van der Waals surface area (Å²) in [6, 6.07) is 29.4. The van der Waals surface area contributed by atoms with Gasteiger partial charge < -0.3 is 0 Å². The summed E-state index contributed by atoms with van der Waals surface area (Å²) in [7, 11) is 0. The van der Waals surface area contributed by atoms with Crippen molar-refractivity contribution in [3.8, 4) is 21.7 Å². The number of para-hydroxylation sites is 1. The minimum absolute atomic E-state index is 0.914. The Morgan fingerprint density at radius 2 is 1.18 bits per heavy atom. The fourth-order valence-corrected chi connectivity index (χ4v) is 5.35. The first kappa shape index (κ1) is 17.3. The number of benzene rings is 3.